The van der Waals surface area contributed by atoms with Gasteiger partial charge in [-0.25, -0.2) is 4.68 Å². The van der Waals surface area contributed by atoms with E-state index in [1.807, 2.05) is 4.90 Å². The zero-order valence-corrected chi connectivity index (χ0v) is 13.0. The highest BCUT2D eigenvalue weighted by molar-refractivity contribution is 5.80. The van der Waals surface area contributed by atoms with Gasteiger partial charge in [-0.2, -0.15) is 5.10 Å². The predicted octanol–water partition coefficient (Wildman–Crippen LogP) is 1.52. The maximum atomic E-state index is 12.5. The van der Waals surface area contributed by atoms with Crippen LogP contribution in [0.2, 0.25) is 0 Å². The van der Waals surface area contributed by atoms with Gasteiger partial charge in [-0.1, -0.05) is 6.42 Å². The first-order valence-electron chi connectivity index (χ1n) is 8.63. The van der Waals surface area contributed by atoms with Crippen LogP contribution in [0.3, 0.4) is 0 Å². The third-order valence-corrected chi connectivity index (χ3v) is 5.52. The maximum Gasteiger partial charge on any atom is 0.267 e. The van der Waals surface area contributed by atoms with Gasteiger partial charge in [-0.3, -0.25) is 9.59 Å². The Kier molecular flexibility index (Phi) is 3.51. The van der Waals surface area contributed by atoms with Gasteiger partial charge in [0.2, 0.25) is 5.91 Å². The van der Waals surface area contributed by atoms with Crippen molar-refractivity contribution in [2.75, 3.05) is 6.54 Å². The van der Waals surface area contributed by atoms with Gasteiger partial charge in [0.1, 0.15) is 0 Å². The van der Waals surface area contributed by atoms with Crippen LogP contribution in [-0.4, -0.2) is 33.2 Å². The monoisotopic (exact) mass is 301 g/mol. The largest absolute Gasteiger partial charge is 0.338 e. The fourth-order valence-corrected chi connectivity index (χ4v) is 3.98. The third kappa shape index (κ3) is 2.36. The molecule has 22 heavy (non-hydrogen) atoms. The van der Waals surface area contributed by atoms with Gasteiger partial charge >= 0.3 is 0 Å². The van der Waals surface area contributed by atoms with Crippen LogP contribution in [-0.2, 0) is 24.2 Å². The summed E-state index contributed by atoms with van der Waals surface area (Å²) in [6.45, 7) is 1.41. The average molecular weight is 301 g/mol. The normalized spacial score (nSPS) is 24.4. The predicted molar refractivity (Wildman–Crippen MR) is 82.6 cm³/mol. The summed E-state index contributed by atoms with van der Waals surface area (Å²) in [5, 5.41) is 4.56. The second kappa shape index (κ2) is 5.52. The van der Waals surface area contributed by atoms with E-state index < -0.39 is 0 Å². The second-order valence-corrected chi connectivity index (χ2v) is 6.95. The van der Waals surface area contributed by atoms with Crippen molar-refractivity contribution < 1.29 is 4.79 Å². The first-order valence-corrected chi connectivity index (χ1v) is 8.63. The van der Waals surface area contributed by atoms with Crippen molar-refractivity contribution in [3.63, 3.8) is 0 Å². The van der Waals surface area contributed by atoms with Crippen molar-refractivity contribution in [3.05, 3.63) is 27.7 Å². The molecule has 1 saturated heterocycles. The van der Waals surface area contributed by atoms with E-state index in [2.05, 4.69) is 5.10 Å². The molecule has 3 aliphatic rings. The first-order chi connectivity index (χ1) is 10.7. The number of aromatic nitrogens is 2. The average Bonchev–Trinajstić information content (AvgIpc) is 3.05. The number of nitrogens with zero attached hydrogens (tertiary/aromatic N) is 3. The summed E-state index contributed by atoms with van der Waals surface area (Å²) in [5.41, 5.74) is 2.19. The van der Waals surface area contributed by atoms with Crippen LogP contribution in [0.5, 0.6) is 0 Å². The number of aryl methyl sites for hydroxylation is 2. The molecule has 1 atom stereocenters. The van der Waals surface area contributed by atoms with Gasteiger partial charge in [0.05, 0.1) is 18.3 Å². The molecule has 5 nitrogen and oxygen atoms in total. The molecule has 2 fully saturated rings. The number of hydrogen-bond acceptors (Lipinski definition) is 3. The van der Waals surface area contributed by atoms with Crippen LogP contribution >= 0.6 is 0 Å². The van der Waals surface area contributed by atoms with Crippen LogP contribution in [0.4, 0.5) is 0 Å². The zero-order chi connectivity index (χ0) is 15.1. The number of fused-ring (bicyclic) bond motifs is 1. The molecular weight excluding hydrogens is 278 g/mol. The highest BCUT2D eigenvalue weighted by Crippen LogP contribution is 2.31. The molecule has 0 bridgehead atoms. The lowest BCUT2D eigenvalue weighted by atomic mass is 9.84. The summed E-state index contributed by atoms with van der Waals surface area (Å²) >= 11 is 0. The number of likely N-dealkylation sites (tertiary alicyclic amines) is 1. The molecule has 5 heteroatoms. The van der Waals surface area contributed by atoms with Gasteiger partial charge in [-0.15, -0.1) is 0 Å². The summed E-state index contributed by atoms with van der Waals surface area (Å²) < 4.78 is 1.60. The molecule has 1 unspecified atom stereocenters. The fourth-order valence-electron chi connectivity index (χ4n) is 3.98. The SMILES string of the molecule is O=C(C1CCC1)N1CCCC1Cn1nc2c(cc1=O)CCC2. The Bertz CT molecular complexity index is 648. The molecule has 1 saturated carbocycles. The van der Waals surface area contributed by atoms with E-state index in [4.69, 9.17) is 0 Å². The Labute approximate surface area is 130 Å². The van der Waals surface area contributed by atoms with Gasteiger partial charge in [-0.05, 0) is 50.5 Å². The smallest absolute Gasteiger partial charge is 0.267 e. The summed E-state index contributed by atoms with van der Waals surface area (Å²) in [4.78, 5) is 26.8. The molecule has 0 N–H and O–H groups in total. The molecule has 0 aromatic carbocycles. The standard InChI is InChI=1S/C17H23N3O2/c21-16-10-13-6-2-8-15(13)18-20(16)11-14-7-3-9-19(14)17(22)12-4-1-5-12/h10,12,14H,1-9,11H2. The number of carbonyl (C=O) groups excluding carboxylic acids is 1. The highest BCUT2D eigenvalue weighted by Gasteiger charge is 2.36. The molecule has 1 amide bonds. The van der Waals surface area contributed by atoms with Crippen molar-refractivity contribution in [2.45, 2.75) is 64.0 Å². The minimum Gasteiger partial charge on any atom is -0.338 e. The Balaban J connectivity index is 1.52. The fraction of sp³-hybridized carbons (Fsp3) is 0.706. The van der Waals surface area contributed by atoms with Gasteiger partial charge < -0.3 is 4.90 Å². The first kappa shape index (κ1) is 14.0. The van der Waals surface area contributed by atoms with Gasteiger partial charge in [0.15, 0.2) is 0 Å². The van der Waals surface area contributed by atoms with Gasteiger partial charge in [0.25, 0.3) is 5.56 Å². The zero-order valence-electron chi connectivity index (χ0n) is 13.0. The number of carbonyl (C=O) groups is 1. The maximum absolute atomic E-state index is 12.5. The van der Waals surface area contributed by atoms with Crippen LogP contribution in [0, 0.1) is 5.92 Å². The minimum atomic E-state index is -0.0106. The van der Waals surface area contributed by atoms with Crippen molar-refractivity contribution in [3.8, 4) is 0 Å². The summed E-state index contributed by atoms with van der Waals surface area (Å²) in [6, 6.07) is 1.90. The van der Waals surface area contributed by atoms with E-state index in [9.17, 15) is 9.59 Å². The molecule has 4 rings (SSSR count). The highest BCUT2D eigenvalue weighted by atomic mass is 16.2. The Morgan fingerprint density at radius 3 is 2.82 bits per heavy atom. The third-order valence-electron chi connectivity index (χ3n) is 5.52. The summed E-state index contributed by atoms with van der Waals surface area (Å²) in [7, 11) is 0. The second-order valence-electron chi connectivity index (χ2n) is 6.95. The van der Waals surface area contributed by atoms with Crippen LogP contribution in [0.15, 0.2) is 10.9 Å². The molecule has 118 valence electrons. The molecule has 2 aliphatic carbocycles. The van der Waals surface area contributed by atoms with E-state index >= 15 is 0 Å². The van der Waals surface area contributed by atoms with Crippen molar-refractivity contribution >= 4 is 5.91 Å². The van der Waals surface area contributed by atoms with E-state index in [0.717, 1.165) is 62.7 Å². The lowest BCUT2D eigenvalue weighted by molar-refractivity contribution is -0.139. The van der Waals surface area contributed by atoms with Crippen molar-refractivity contribution in [1.82, 2.24) is 14.7 Å². The van der Waals surface area contributed by atoms with Crippen LogP contribution in [0.1, 0.15) is 49.8 Å². The molecule has 1 aromatic heterocycles. The number of rotatable bonds is 3. The lowest BCUT2D eigenvalue weighted by Gasteiger charge is -2.32. The Morgan fingerprint density at radius 1 is 1.18 bits per heavy atom. The lowest BCUT2D eigenvalue weighted by Crippen LogP contribution is -2.44. The number of amides is 1. The minimum absolute atomic E-state index is 0.0106. The van der Waals surface area contributed by atoms with Crippen LogP contribution < -0.4 is 5.56 Å². The molecule has 1 aromatic rings. The van der Waals surface area contributed by atoms with E-state index in [-0.39, 0.29) is 17.5 Å². The quantitative estimate of drug-likeness (QED) is 0.850. The van der Waals surface area contributed by atoms with Crippen molar-refractivity contribution in [2.24, 2.45) is 5.92 Å². The Morgan fingerprint density at radius 2 is 2.05 bits per heavy atom. The van der Waals surface area contributed by atoms with Crippen molar-refractivity contribution in [1.29, 1.82) is 0 Å². The molecule has 2 heterocycles. The summed E-state index contributed by atoms with van der Waals surface area (Å²) in [5.74, 6) is 0.549. The van der Waals surface area contributed by atoms with Crippen LogP contribution in [0.25, 0.3) is 0 Å². The van der Waals surface area contributed by atoms with E-state index in [1.165, 1.54) is 6.42 Å². The summed E-state index contributed by atoms with van der Waals surface area (Å²) in [6.07, 6.45) is 8.35. The molecular formula is C17H23N3O2. The van der Waals surface area contributed by atoms with Gasteiger partial charge in [0, 0.05) is 18.5 Å². The van der Waals surface area contributed by atoms with E-state index in [0.29, 0.717) is 12.5 Å². The topological polar surface area (TPSA) is 55.2 Å². The Hall–Kier alpha value is -1.65. The van der Waals surface area contributed by atoms with E-state index in [1.54, 1.807) is 10.7 Å². The molecule has 0 radical (unpaired) electrons. The number of hydrogen-bond donors (Lipinski definition) is 0. The molecule has 0 spiro atoms. The molecule has 1 aliphatic heterocycles.